The molecule has 4 heteroatoms. The number of carbonyl (C=O) groups excluding carboxylic acids is 1. The topological polar surface area (TPSA) is 29.5 Å². The van der Waals surface area contributed by atoms with Gasteiger partial charge in [0.2, 0.25) is 0 Å². The fraction of sp³-hybridized carbons (Fsp3) is 0.533. The summed E-state index contributed by atoms with van der Waals surface area (Å²) >= 11 is 3.38. The molecule has 1 heterocycles. The number of morpholine rings is 1. The molecule has 1 fully saturated rings. The maximum Gasteiger partial charge on any atom is 0.164 e. The fourth-order valence-corrected chi connectivity index (χ4v) is 2.61. The smallest absolute Gasteiger partial charge is 0.164 e. The van der Waals surface area contributed by atoms with Crippen molar-refractivity contribution < 1.29 is 9.53 Å². The van der Waals surface area contributed by atoms with Gasteiger partial charge in [0, 0.05) is 36.1 Å². The van der Waals surface area contributed by atoms with Gasteiger partial charge in [0.1, 0.15) is 0 Å². The highest BCUT2D eigenvalue weighted by Gasteiger charge is 2.27. The summed E-state index contributed by atoms with van der Waals surface area (Å²) in [6.45, 7) is 7.55. The zero-order chi connectivity index (χ0) is 13.9. The van der Waals surface area contributed by atoms with Crippen LogP contribution in [-0.4, -0.2) is 42.5 Å². The van der Waals surface area contributed by atoms with Gasteiger partial charge in [-0.3, -0.25) is 9.69 Å². The molecule has 0 amide bonds. The largest absolute Gasteiger partial charge is 0.373 e. The number of Topliss-reactive ketones (excluding diaryl/α,β-unsaturated/α-hetero) is 1. The molecule has 0 N–H and O–H groups in total. The predicted octanol–water partition coefficient (Wildman–Crippen LogP) is 3.13. The first-order chi connectivity index (χ1) is 8.96. The Morgan fingerprint density at radius 3 is 2.68 bits per heavy atom. The highest BCUT2D eigenvalue weighted by atomic mass is 79.9. The van der Waals surface area contributed by atoms with Gasteiger partial charge in [-0.05, 0) is 26.0 Å². The molecule has 1 aliphatic rings. The lowest BCUT2D eigenvalue weighted by Gasteiger charge is -2.38. The number of benzene rings is 1. The second-order valence-electron chi connectivity index (χ2n) is 5.56. The summed E-state index contributed by atoms with van der Waals surface area (Å²) in [7, 11) is 0. The van der Waals surface area contributed by atoms with Crippen LogP contribution in [0.5, 0.6) is 0 Å². The molecule has 1 saturated heterocycles. The molecule has 0 bridgehead atoms. The number of nitrogens with zero attached hydrogens (tertiary/aromatic N) is 1. The van der Waals surface area contributed by atoms with Gasteiger partial charge in [0.15, 0.2) is 5.78 Å². The minimum Gasteiger partial charge on any atom is -0.373 e. The Bertz CT molecular complexity index is 442. The quantitative estimate of drug-likeness (QED) is 0.796. The first-order valence-electron chi connectivity index (χ1n) is 6.61. The van der Waals surface area contributed by atoms with Crippen molar-refractivity contribution >= 4 is 21.7 Å². The SMILES string of the molecule is CC1(C)CN(CCC(=O)c2ccc(Br)cc2)CCO1. The van der Waals surface area contributed by atoms with Crippen LogP contribution < -0.4 is 0 Å². The summed E-state index contributed by atoms with van der Waals surface area (Å²) in [4.78, 5) is 14.4. The first kappa shape index (κ1) is 14.7. The fourth-order valence-electron chi connectivity index (χ4n) is 2.34. The van der Waals surface area contributed by atoms with Gasteiger partial charge in [-0.25, -0.2) is 0 Å². The van der Waals surface area contributed by atoms with Crippen LogP contribution in [-0.2, 0) is 4.74 Å². The lowest BCUT2D eigenvalue weighted by atomic mass is 10.1. The second kappa shape index (κ2) is 6.16. The Labute approximate surface area is 123 Å². The third kappa shape index (κ3) is 4.41. The van der Waals surface area contributed by atoms with Gasteiger partial charge in [-0.2, -0.15) is 0 Å². The number of ether oxygens (including phenoxy) is 1. The molecule has 0 saturated carbocycles. The molecule has 1 aromatic carbocycles. The molecule has 3 nitrogen and oxygen atoms in total. The molecule has 104 valence electrons. The first-order valence-corrected chi connectivity index (χ1v) is 7.41. The maximum absolute atomic E-state index is 12.1. The van der Waals surface area contributed by atoms with Gasteiger partial charge in [0.25, 0.3) is 0 Å². The molecule has 0 aliphatic carbocycles. The molecule has 19 heavy (non-hydrogen) atoms. The minimum absolute atomic E-state index is 0.0983. The van der Waals surface area contributed by atoms with Crippen LogP contribution in [0, 0.1) is 0 Å². The summed E-state index contributed by atoms with van der Waals surface area (Å²) in [5.74, 6) is 0.205. The molecular formula is C15H20BrNO2. The van der Waals surface area contributed by atoms with Crippen molar-refractivity contribution in [3.8, 4) is 0 Å². The van der Waals surface area contributed by atoms with E-state index in [0.29, 0.717) is 6.42 Å². The molecule has 0 aromatic heterocycles. The Morgan fingerprint density at radius 2 is 2.05 bits per heavy atom. The van der Waals surface area contributed by atoms with Crippen LogP contribution in [0.1, 0.15) is 30.6 Å². The number of hydrogen-bond donors (Lipinski definition) is 0. The Balaban J connectivity index is 1.85. The summed E-state index contributed by atoms with van der Waals surface area (Å²) in [5, 5.41) is 0. The minimum atomic E-state index is -0.0983. The van der Waals surface area contributed by atoms with Crippen LogP contribution in [0.4, 0.5) is 0 Å². The lowest BCUT2D eigenvalue weighted by molar-refractivity contribution is -0.0855. The van der Waals surface area contributed by atoms with Crippen molar-refractivity contribution in [2.45, 2.75) is 25.9 Å². The highest BCUT2D eigenvalue weighted by Crippen LogP contribution is 2.17. The Hall–Kier alpha value is -0.710. The van der Waals surface area contributed by atoms with Gasteiger partial charge < -0.3 is 4.74 Å². The van der Waals surface area contributed by atoms with E-state index in [2.05, 4.69) is 34.7 Å². The van der Waals surface area contributed by atoms with Crippen molar-refractivity contribution in [3.05, 3.63) is 34.3 Å². The van der Waals surface area contributed by atoms with E-state index in [-0.39, 0.29) is 11.4 Å². The normalized spacial score (nSPS) is 19.3. The van der Waals surface area contributed by atoms with Crippen molar-refractivity contribution in [1.82, 2.24) is 4.90 Å². The Kier molecular flexibility index (Phi) is 4.76. The summed E-state index contributed by atoms with van der Waals surface area (Å²) in [6, 6.07) is 7.56. The van der Waals surface area contributed by atoms with Crippen molar-refractivity contribution in [3.63, 3.8) is 0 Å². The van der Waals surface area contributed by atoms with Crippen molar-refractivity contribution in [2.24, 2.45) is 0 Å². The zero-order valence-corrected chi connectivity index (χ0v) is 13.1. The van der Waals surface area contributed by atoms with Crippen LogP contribution in [0.2, 0.25) is 0 Å². The van der Waals surface area contributed by atoms with Crippen LogP contribution >= 0.6 is 15.9 Å². The molecule has 1 aromatic rings. The monoisotopic (exact) mass is 325 g/mol. The average molecular weight is 326 g/mol. The van der Waals surface area contributed by atoms with E-state index in [1.165, 1.54) is 0 Å². The van der Waals surface area contributed by atoms with Gasteiger partial charge in [-0.1, -0.05) is 28.1 Å². The van der Waals surface area contributed by atoms with Crippen LogP contribution in [0.3, 0.4) is 0 Å². The standard InChI is InChI=1S/C15H20BrNO2/c1-15(2)11-17(9-10-19-15)8-7-14(18)12-3-5-13(16)6-4-12/h3-6H,7-11H2,1-2H3. The summed E-state index contributed by atoms with van der Waals surface area (Å²) in [6.07, 6.45) is 0.567. The number of hydrogen-bond acceptors (Lipinski definition) is 3. The molecule has 0 spiro atoms. The third-order valence-electron chi connectivity index (χ3n) is 3.33. The number of halogens is 1. The van der Waals surface area contributed by atoms with E-state index >= 15 is 0 Å². The highest BCUT2D eigenvalue weighted by molar-refractivity contribution is 9.10. The summed E-state index contributed by atoms with van der Waals surface area (Å²) < 4.78 is 6.67. The van der Waals surface area contributed by atoms with E-state index in [1.807, 2.05) is 24.3 Å². The van der Waals surface area contributed by atoms with Gasteiger partial charge >= 0.3 is 0 Å². The van der Waals surface area contributed by atoms with E-state index < -0.39 is 0 Å². The van der Waals surface area contributed by atoms with E-state index in [0.717, 1.165) is 36.3 Å². The average Bonchev–Trinajstić information content (AvgIpc) is 2.36. The van der Waals surface area contributed by atoms with Crippen molar-refractivity contribution in [2.75, 3.05) is 26.2 Å². The van der Waals surface area contributed by atoms with Crippen LogP contribution in [0.25, 0.3) is 0 Å². The maximum atomic E-state index is 12.1. The van der Waals surface area contributed by atoms with Crippen molar-refractivity contribution in [1.29, 1.82) is 0 Å². The van der Waals surface area contributed by atoms with E-state index in [9.17, 15) is 4.79 Å². The van der Waals surface area contributed by atoms with E-state index in [4.69, 9.17) is 4.74 Å². The predicted molar refractivity (Wildman–Crippen MR) is 79.6 cm³/mol. The zero-order valence-electron chi connectivity index (χ0n) is 11.5. The number of ketones is 1. The third-order valence-corrected chi connectivity index (χ3v) is 3.85. The van der Waals surface area contributed by atoms with Gasteiger partial charge in [-0.15, -0.1) is 0 Å². The van der Waals surface area contributed by atoms with Gasteiger partial charge in [0.05, 0.1) is 12.2 Å². The molecule has 1 aliphatic heterocycles. The lowest BCUT2D eigenvalue weighted by Crippen LogP contribution is -2.48. The number of rotatable bonds is 4. The molecule has 0 unspecified atom stereocenters. The molecule has 0 atom stereocenters. The van der Waals surface area contributed by atoms with E-state index in [1.54, 1.807) is 0 Å². The second-order valence-corrected chi connectivity index (χ2v) is 6.48. The summed E-state index contributed by atoms with van der Waals surface area (Å²) in [5.41, 5.74) is 0.689. The molecule has 0 radical (unpaired) electrons. The number of carbonyl (C=O) groups is 1. The Morgan fingerprint density at radius 1 is 1.37 bits per heavy atom. The molecule has 2 rings (SSSR count). The molecular weight excluding hydrogens is 306 g/mol. The van der Waals surface area contributed by atoms with Crippen LogP contribution in [0.15, 0.2) is 28.7 Å².